The first-order chi connectivity index (χ1) is 9.08. The van der Waals surface area contributed by atoms with Crippen LogP contribution in [0.1, 0.15) is 34.4 Å². The van der Waals surface area contributed by atoms with E-state index in [0.717, 1.165) is 21.4 Å². The fraction of sp³-hybridized carbons (Fsp3) is 0.417. The highest BCUT2D eigenvalue weighted by Gasteiger charge is 2.14. The van der Waals surface area contributed by atoms with Gasteiger partial charge in [0.25, 0.3) is 0 Å². The van der Waals surface area contributed by atoms with E-state index in [1.165, 1.54) is 11.3 Å². The molecule has 1 unspecified atom stereocenters. The standard InChI is InChI=1S/C12H14ClN3OS2/c1-7-5-19-12(14-7)8(2)15-10(17)3-11-16-9(4-13)6-18-11/h5-6,8H,3-4H2,1-2H3,(H,15,17). The maximum absolute atomic E-state index is 11.9. The SMILES string of the molecule is Cc1csc(C(C)NC(=O)Cc2nc(CCl)cs2)n1. The van der Waals surface area contributed by atoms with Crippen molar-refractivity contribution in [2.45, 2.75) is 32.2 Å². The smallest absolute Gasteiger partial charge is 0.227 e. The number of aryl methyl sites for hydroxylation is 1. The number of thiazole rings is 2. The van der Waals surface area contributed by atoms with E-state index in [1.807, 2.05) is 24.6 Å². The minimum atomic E-state index is -0.0707. The van der Waals surface area contributed by atoms with Crippen LogP contribution in [0.3, 0.4) is 0 Å². The van der Waals surface area contributed by atoms with E-state index in [4.69, 9.17) is 11.6 Å². The fourth-order valence-corrected chi connectivity index (χ4v) is 3.38. The molecule has 0 saturated heterocycles. The Morgan fingerprint density at radius 3 is 2.79 bits per heavy atom. The third-order valence-electron chi connectivity index (χ3n) is 2.43. The van der Waals surface area contributed by atoms with Gasteiger partial charge in [0, 0.05) is 16.5 Å². The quantitative estimate of drug-likeness (QED) is 0.863. The number of carbonyl (C=O) groups is 1. The van der Waals surface area contributed by atoms with Crippen molar-refractivity contribution in [2.75, 3.05) is 0 Å². The normalized spacial score (nSPS) is 12.4. The second kappa shape index (κ2) is 6.45. The molecular weight excluding hydrogens is 302 g/mol. The Balaban J connectivity index is 1.90. The minimum absolute atomic E-state index is 0.0455. The van der Waals surface area contributed by atoms with Crippen LogP contribution >= 0.6 is 34.3 Å². The van der Waals surface area contributed by atoms with Gasteiger partial charge in [0.05, 0.1) is 24.0 Å². The van der Waals surface area contributed by atoms with Crippen molar-refractivity contribution in [2.24, 2.45) is 0 Å². The van der Waals surface area contributed by atoms with Crippen LogP contribution in [0.15, 0.2) is 10.8 Å². The van der Waals surface area contributed by atoms with E-state index >= 15 is 0 Å². The van der Waals surface area contributed by atoms with Gasteiger partial charge in [0.15, 0.2) is 0 Å². The second-order valence-corrected chi connectivity index (χ2v) is 6.26. The molecule has 2 heterocycles. The van der Waals surface area contributed by atoms with Crippen molar-refractivity contribution < 1.29 is 4.79 Å². The maximum atomic E-state index is 11.9. The fourth-order valence-electron chi connectivity index (χ4n) is 1.55. The molecule has 1 N–H and O–H groups in total. The monoisotopic (exact) mass is 315 g/mol. The molecule has 0 saturated carbocycles. The molecule has 1 atom stereocenters. The van der Waals surface area contributed by atoms with Gasteiger partial charge in [-0.1, -0.05) is 0 Å². The van der Waals surface area contributed by atoms with Crippen LogP contribution in [0.5, 0.6) is 0 Å². The summed E-state index contributed by atoms with van der Waals surface area (Å²) in [7, 11) is 0. The van der Waals surface area contributed by atoms with Gasteiger partial charge in [0.2, 0.25) is 5.91 Å². The maximum Gasteiger partial charge on any atom is 0.227 e. The van der Waals surface area contributed by atoms with E-state index in [0.29, 0.717) is 5.88 Å². The molecule has 0 aliphatic carbocycles. The van der Waals surface area contributed by atoms with Crippen molar-refractivity contribution in [1.29, 1.82) is 0 Å². The van der Waals surface area contributed by atoms with Gasteiger partial charge in [-0.2, -0.15) is 0 Å². The Labute approximate surface area is 124 Å². The van der Waals surface area contributed by atoms with Gasteiger partial charge in [-0.15, -0.1) is 34.3 Å². The summed E-state index contributed by atoms with van der Waals surface area (Å²) >= 11 is 8.70. The lowest BCUT2D eigenvalue weighted by Gasteiger charge is -2.10. The predicted molar refractivity (Wildman–Crippen MR) is 78.8 cm³/mol. The Hall–Kier alpha value is -0.980. The number of hydrogen-bond acceptors (Lipinski definition) is 5. The third-order valence-corrected chi connectivity index (χ3v) is 4.75. The van der Waals surface area contributed by atoms with Crippen LogP contribution in [-0.4, -0.2) is 15.9 Å². The van der Waals surface area contributed by atoms with Gasteiger partial charge in [-0.3, -0.25) is 4.79 Å². The number of amides is 1. The molecule has 2 aromatic heterocycles. The Bertz CT molecular complexity index is 567. The highest BCUT2D eigenvalue weighted by molar-refractivity contribution is 7.10. The molecule has 4 nitrogen and oxygen atoms in total. The molecule has 1 amide bonds. The van der Waals surface area contributed by atoms with Crippen LogP contribution in [0, 0.1) is 6.92 Å². The lowest BCUT2D eigenvalue weighted by molar-refractivity contribution is -0.121. The molecule has 0 radical (unpaired) electrons. The average Bonchev–Trinajstić information content (AvgIpc) is 2.97. The van der Waals surface area contributed by atoms with Crippen molar-refractivity contribution >= 4 is 40.2 Å². The molecule has 0 aliphatic heterocycles. The summed E-state index contributed by atoms with van der Waals surface area (Å²) in [5.74, 6) is 0.336. The topological polar surface area (TPSA) is 54.9 Å². The zero-order valence-electron chi connectivity index (χ0n) is 10.6. The van der Waals surface area contributed by atoms with E-state index < -0.39 is 0 Å². The number of rotatable bonds is 5. The van der Waals surface area contributed by atoms with Gasteiger partial charge in [-0.25, -0.2) is 9.97 Å². The molecule has 0 aromatic carbocycles. The van der Waals surface area contributed by atoms with Crippen LogP contribution in [0.4, 0.5) is 0 Å². The molecule has 7 heteroatoms. The summed E-state index contributed by atoms with van der Waals surface area (Å²) < 4.78 is 0. The molecule has 2 aromatic rings. The Morgan fingerprint density at radius 1 is 1.42 bits per heavy atom. The zero-order chi connectivity index (χ0) is 13.8. The highest BCUT2D eigenvalue weighted by Crippen LogP contribution is 2.18. The molecular formula is C12H14ClN3OS2. The van der Waals surface area contributed by atoms with E-state index in [9.17, 15) is 4.79 Å². The first-order valence-corrected chi connectivity index (χ1v) is 8.08. The lowest BCUT2D eigenvalue weighted by Crippen LogP contribution is -2.28. The minimum Gasteiger partial charge on any atom is -0.347 e. The summed E-state index contributed by atoms with van der Waals surface area (Å²) in [5.41, 5.74) is 1.80. The summed E-state index contributed by atoms with van der Waals surface area (Å²) in [6.07, 6.45) is 0.288. The van der Waals surface area contributed by atoms with Crippen LogP contribution in [-0.2, 0) is 17.1 Å². The zero-order valence-corrected chi connectivity index (χ0v) is 13.0. The summed E-state index contributed by atoms with van der Waals surface area (Å²) in [6, 6.07) is -0.0707. The molecule has 2 rings (SSSR count). The van der Waals surface area contributed by atoms with Crippen molar-refractivity contribution in [1.82, 2.24) is 15.3 Å². The average molecular weight is 316 g/mol. The molecule has 0 aliphatic rings. The second-order valence-electron chi connectivity index (χ2n) is 4.16. The van der Waals surface area contributed by atoms with E-state index in [2.05, 4.69) is 15.3 Å². The van der Waals surface area contributed by atoms with E-state index in [1.54, 1.807) is 11.3 Å². The Morgan fingerprint density at radius 2 is 2.21 bits per heavy atom. The number of nitrogens with zero attached hydrogens (tertiary/aromatic N) is 2. The third kappa shape index (κ3) is 3.99. The van der Waals surface area contributed by atoms with Crippen molar-refractivity contribution in [3.63, 3.8) is 0 Å². The molecule has 19 heavy (non-hydrogen) atoms. The van der Waals surface area contributed by atoms with Gasteiger partial charge >= 0.3 is 0 Å². The number of nitrogens with one attached hydrogen (secondary N) is 1. The molecule has 102 valence electrons. The first kappa shape index (κ1) is 14.4. The lowest BCUT2D eigenvalue weighted by atomic mass is 10.3. The van der Waals surface area contributed by atoms with Gasteiger partial charge in [-0.05, 0) is 13.8 Å². The van der Waals surface area contributed by atoms with Crippen LogP contribution < -0.4 is 5.32 Å². The van der Waals surface area contributed by atoms with Crippen molar-refractivity contribution in [3.05, 3.63) is 32.2 Å². The molecule has 0 spiro atoms. The summed E-state index contributed by atoms with van der Waals surface area (Å²) in [6.45, 7) is 3.88. The number of aromatic nitrogens is 2. The highest BCUT2D eigenvalue weighted by atomic mass is 35.5. The largest absolute Gasteiger partial charge is 0.347 e. The summed E-state index contributed by atoms with van der Waals surface area (Å²) in [4.78, 5) is 20.5. The van der Waals surface area contributed by atoms with E-state index in [-0.39, 0.29) is 18.4 Å². The Kier molecular flexibility index (Phi) is 4.90. The molecule has 0 bridgehead atoms. The molecule has 0 fully saturated rings. The predicted octanol–water partition coefficient (Wildman–Crippen LogP) is 3.07. The van der Waals surface area contributed by atoms with Crippen LogP contribution in [0.25, 0.3) is 0 Å². The number of halogens is 1. The van der Waals surface area contributed by atoms with Gasteiger partial charge in [0.1, 0.15) is 10.0 Å². The number of carbonyl (C=O) groups excluding carboxylic acids is 1. The van der Waals surface area contributed by atoms with Crippen molar-refractivity contribution in [3.8, 4) is 0 Å². The number of hydrogen-bond donors (Lipinski definition) is 1. The number of alkyl halides is 1. The first-order valence-electron chi connectivity index (χ1n) is 5.79. The van der Waals surface area contributed by atoms with Crippen LogP contribution in [0.2, 0.25) is 0 Å². The summed E-state index contributed by atoms with van der Waals surface area (Å²) in [5, 5.41) is 8.49. The van der Waals surface area contributed by atoms with Gasteiger partial charge < -0.3 is 5.32 Å².